The molecule has 2 rings (SSSR count). The molecule has 1 aliphatic rings. The number of piperidine rings is 1. The SMILES string of the molecule is CC(C)c1nnc(NC(=O)CN2CCCC(C)(O)C2)o1. The number of nitrogens with one attached hydrogen (secondary N) is 1. The number of anilines is 1. The van der Waals surface area contributed by atoms with Gasteiger partial charge >= 0.3 is 6.01 Å². The van der Waals surface area contributed by atoms with Crippen LogP contribution in [0.3, 0.4) is 0 Å². The van der Waals surface area contributed by atoms with Gasteiger partial charge in [-0.3, -0.25) is 15.0 Å². The summed E-state index contributed by atoms with van der Waals surface area (Å²) in [6, 6.07) is 0.127. The van der Waals surface area contributed by atoms with Crippen LogP contribution in [0.5, 0.6) is 0 Å². The molecule has 2 N–H and O–H groups in total. The molecule has 20 heavy (non-hydrogen) atoms. The standard InChI is InChI=1S/C13H22N4O3/c1-9(2)11-15-16-12(20-11)14-10(18)7-17-6-4-5-13(3,19)8-17/h9,19H,4-8H2,1-3H3,(H,14,16,18). The second kappa shape index (κ2) is 5.88. The van der Waals surface area contributed by atoms with Crippen LogP contribution in [0.25, 0.3) is 0 Å². The van der Waals surface area contributed by atoms with Crippen molar-refractivity contribution >= 4 is 11.9 Å². The number of carbonyl (C=O) groups is 1. The topological polar surface area (TPSA) is 91.5 Å². The number of carbonyl (C=O) groups excluding carboxylic acids is 1. The van der Waals surface area contributed by atoms with E-state index < -0.39 is 5.60 Å². The third-order valence-corrected chi connectivity index (χ3v) is 3.30. The zero-order chi connectivity index (χ0) is 14.8. The van der Waals surface area contributed by atoms with Crippen LogP contribution in [0.4, 0.5) is 6.01 Å². The molecule has 7 heteroatoms. The van der Waals surface area contributed by atoms with Gasteiger partial charge in [-0.05, 0) is 26.3 Å². The van der Waals surface area contributed by atoms with Crippen molar-refractivity contribution in [2.75, 3.05) is 25.0 Å². The maximum atomic E-state index is 11.9. The maximum Gasteiger partial charge on any atom is 0.322 e. The van der Waals surface area contributed by atoms with Crippen LogP contribution >= 0.6 is 0 Å². The van der Waals surface area contributed by atoms with E-state index in [1.165, 1.54) is 0 Å². The lowest BCUT2D eigenvalue weighted by Gasteiger charge is -2.36. The Balaban J connectivity index is 1.85. The van der Waals surface area contributed by atoms with Crippen LogP contribution < -0.4 is 5.32 Å². The number of amides is 1. The quantitative estimate of drug-likeness (QED) is 0.855. The van der Waals surface area contributed by atoms with E-state index in [-0.39, 0.29) is 24.4 Å². The van der Waals surface area contributed by atoms with Crippen molar-refractivity contribution in [3.05, 3.63) is 5.89 Å². The summed E-state index contributed by atoms with van der Waals surface area (Å²) in [7, 11) is 0. The summed E-state index contributed by atoms with van der Waals surface area (Å²) < 4.78 is 5.32. The van der Waals surface area contributed by atoms with Gasteiger partial charge < -0.3 is 9.52 Å². The molecule has 0 radical (unpaired) electrons. The lowest BCUT2D eigenvalue weighted by atomic mass is 9.95. The summed E-state index contributed by atoms with van der Waals surface area (Å²) >= 11 is 0. The number of likely N-dealkylation sites (tertiary alicyclic amines) is 1. The number of β-amino-alcohol motifs (C(OH)–C–C–N with tert-alkyl or cyclic N) is 1. The lowest BCUT2D eigenvalue weighted by molar-refractivity contribution is -0.119. The van der Waals surface area contributed by atoms with Gasteiger partial charge in [0, 0.05) is 12.5 Å². The van der Waals surface area contributed by atoms with Crippen LogP contribution in [0.15, 0.2) is 4.42 Å². The van der Waals surface area contributed by atoms with Crippen molar-refractivity contribution in [3.63, 3.8) is 0 Å². The Morgan fingerprint density at radius 1 is 1.55 bits per heavy atom. The minimum atomic E-state index is -0.714. The number of rotatable bonds is 4. The second-order valence-corrected chi connectivity index (χ2v) is 5.96. The van der Waals surface area contributed by atoms with Gasteiger partial charge in [0.25, 0.3) is 0 Å². The molecule has 1 amide bonds. The normalized spacial score (nSPS) is 24.1. The second-order valence-electron chi connectivity index (χ2n) is 5.96. The highest BCUT2D eigenvalue weighted by Crippen LogP contribution is 2.20. The third-order valence-electron chi connectivity index (χ3n) is 3.30. The zero-order valence-corrected chi connectivity index (χ0v) is 12.2. The minimum Gasteiger partial charge on any atom is -0.408 e. The summed E-state index contributed by atoms with van der Waals surface area (Å²) in [4.78, 5) is 13.8. The highest BCUT2D eigenvalue weighted by atomic mass is 16.4. The fraction of sp³-hybridized carbons (Fsp3) is 0.769. The molecule has 1 saturated heterocycles. The number of nitrogens with zero attached hydrogens (tertiary/aromatic N) is 3. The predicted molar refractivity (Wildman–Crippen MR) is 73.3 cm³/mol. The highest BCUT2D eigenvalue weighted by Gasteiger charge is 2.29. The van der Waals surface area contributed by atoms with E-state index in [1.54, 1.807) is 6.92 Å². The van der Waals surface area contributed by atoms with Crippen molar-refractivity contribution < 1.29 is 14.3 Å². The summed E-state index contributed by atoms with van der Waals surface area (Å²) in [6.07, 6.45) is 1.66. The molecule has 1 unspecified atom stereocenters. The molecule has 0 aliphatic carbocycles. The first-order valence-electron chi connectivity index (χ1n) is 6.94. The van der Waals surface area contributed by atoms with Crippen molar-refractivity contribution in [1.82, 2.24) is 15.1 Å². The molecule has 2 heterocycles. The van der Waals surface area contributed by atoms with E-state index in [4.69, 9.17) is 4.42 Å². The van der Waals surface area contributed by atoms with Crippen molar-refractivity contribution in [3.8, 4) is 0 Å². The number of aliphatic hydroxyl groups is 1. The summed E-state index contributed by atoms with van der Waals surface area (Å²) in [5.41, 5.74) is -0.714. The summed E-state index contributed by atoms with van der Waals surface area (Å²) in [6.45, 7) is 7.20. The minimum absolute atomic E-state index is 0.127. The number of aromatic nitrogens is 2. The van der Waals surface area contributed by atoms with Crippen LogP contribution in [-0.4, -0.2) is 51.3 Å². The molecule has 1 aliphatic heterocycles. The molecule has 1 aromatic rings. The summed E-state index contributed by atoms with van der Waals surface area (Å²) in [5.74, 6) is 0.424. The first-order chi connectivity index (χ1) is 9.35. The van der Waals surface area contributed by atoms with Crippen LogP contribution in [0.2, 0.25) is 0 Å². The molecule has 0 bridgehead atoms. The van der Waals surface area contributed by atoms with Gasteiger partial charge in [-0.2, -0.15) is 0 Å². The molecule has 0 aromatic carbocycles. The average molecular weight is 282 g/mol. The Morgan fingerprint density at radius 2 is 2.30 bits per heavy atom. The Morgan fingerprint density at radius 3 is 2.90 bits per heavy atom. The first-order valence-corrected chi connectivity index (χ1v) is 6.94. The van der Waals surface area contributed by atoms with Crippen LogP contribution in [-0.2, 0) is 4.79 Å². The number of hydrogen-bond donors (Lipinski definition) is 2. The first kappa shape index (κ1) is 14.9. The summed E-state index contributed by atoms with van der Waals surface area (Å²) in [5, 5.41) is 20.2. The van der Waals surface area contributed by atoms with E-state index in [9.17, 15) is 9.90 Å². The smallest absolute Gasteiger partial charge is 0.322 e. The lowest BCUT2D eigenvalue weighted by Crippen LogP contribution is -2.48. The van der Waals surface area contributed by atoms with Crippen molar-refractivity contribution in [1.29, 1.82) is 0 Å². The third kappa shape index (κ3) is 4.01. The van der Waals surface area contributed by atoms with Gasteiger partial charge in [-0.1, -0.05) is 18.9 Å². The molecule has 7 nitrogen and oxygen atoms in total. The molecular formula is C13H22N4O3. The average Bonchev–Trinajstić information content (AvgIpc) is 2.75. The van der Waals surface area contributed by atoms with Gasteiger partial charge in [0.2, 0.25) is 11.8 Å². The highest BCUT2D eigenvalue weighted by molar-refractivity contribution is 5.90. The molecule has 1 fully saturated rings. The fourth-order valence-corrected chi connectivity index (χ4v) is 2.34. The van der Waals surface area contributed by atoms with Gasteiger partial charge in [0.15, 0.2) is 0 Å². The van der Waals surface area contributed by atoms with Crippen LogP contribution in [0, 0.1) is 0 Å². The van der Waals surface area contributed by atoms with E-state index in [1.807, 2.05) is 18.7 Å². The van der Waals surface area contributed by atoms with Gasteiger partial charge in [0.1, 0.15) is 0 Å². The predicted octanol–water partition coefficient (Wildman–Crippen LogP) is 0.978. The maximum absolute atomic E-state index is 11.9. The molecule has 1 atom stereocenters. The Bertz CT molecular complexity index is 470. The Hall–Kier alpha value is -1.47. The van der Waals surface area contributed by atoms with E-state index in [2.05, 4.69) is 15.5 Å². The van der Waals surface area contributed by atoms with Gasteiger partial charge in [0.05, 0.1) is 12.1 Å². The largest absolute Gasteiger partial charge is 0.408 e. The van der Waals surface area contributed by atoms with Crippen molar-refractivity contribution in [2.45, 2.75) is 45.1 Å². The number of hydrogen-bond acceptors (Lipinski definition) is 6. The van der Waals surface area contributed by atoms with E-state index in [0.29, 0.717) is 12.4 Å². The Labute approximate surface area is 118 Å². The van der Waals surface area contributed by atoms with E-state index in [0.717, 1.165) is 19.4 Å². The van der Waals surface area contributed by atoms with E-state index >= 15 is 0 Å². The molecular weight excluding hydrogens is 260 g/mol. The van der Waals surface area contributed by atoms with Crippen molar-refractivity contribution in [2.24, 2.45) is 0 Å². The van der Waals surface area contributed by atoms with Crippen LogP contribution in [0.1, 0.15) is 45.4 Å². The monoisotopic (exact) mass is 282 g/mol. The molecule has 0 saturated carbocycles. The molecule has 0 spiro atoms. The Kier molecular flexibility index (Phi) is 4.39. The molecule has 1 aromatic heterocycles. The fourth-order valence-electron chi connectivity index (χ4n) is 2.34. The van der Waals surface area contributed by atoms with Gasteiger partial charge in [-0.25, -0.2) is 0 Å². The molecule has 112 valence electrons. The van der Waals surface area contributed by atoms with Gasteiger partial charge in [-0.15, -0.1) is 5.10 Å². The zero-order valence-electron chi connectivity index (χ0n) is 12.2.